The largest absolute Gasteiger partial charge is 0.340 e. The van der Waals surface area contributed by atoms with E-state index < -0.39 is 10.0 Å². The highest BCUT2D eigenvalue weighted by Gasteiger charge is 2.34. The molecule has 1 atom stereocenters. The van der Waals surface area contributed by atoms with E-state index in [2.05, 4.69) is 15.0 Å². The molecule has 1 aromatic heterocycles. The molecule has 2 aliphatic rings. The van der Waals surface area contributed by atoms with Gasteiger partial charge in [0.2, 0.25) is 27.6 Å². The minimum absolute atomic E-state index is 0.100. The number of carbonyl (C=O) groups is 1. The molecular formula is C27H33N5O4S. The Morgan fingerprint density at radius 1 is 1.00 bits per heavy atom. The second kappa shape index (κ2) is 10.7. The lowest BCUT2D eigenvalue weighted by Crippen LogP contribution is -2.53. The number of benzene rings is 2. The first-order chi connectivity index (χ1) is 17.8. The molecule has 0 saturated carbocycles. The van der Waals surface area contributed by atoms with Crippen molar-refractivity contribution >= 4 is 15.9 Å². The standard InChI is InChI=1S/C27H33N5O4S/c1-20-8-10-24(11-9-20)37(34,35)32-15-13-31(14-16-32)27(33)23-7-4-12-30(18-23)19-25-28-26(29-36-25)22-6-3-5-21(2)17-22/h3,5-6,8-11,17,23H,4,7,12-16,18-19H2,1-2H3. The number of aryl methyl sites for hydroxylation is 2. The van der Waals surface area contributed by atoms with E-state index in [9.17, 15) is 13.2 Å². The number of likely N-dealkylation sites (tertiary alicyclic amines) is 1. The number of aromatic nitrogens is 2. The van der Waals surface area contributed by atoms with Crippen LogP contribution in [0, 0.1) is 19.8 Å². The molecule has 5 rings (SSSR count). The highest BCUT2D eigenvalue weighted by atomic mass is 32.2. The van der Waals surface area contributed by atoms with Gasteiger partial charge in [-0.2, -0.15) is 9.29 Å². The fourth-order valence-electron chi connectivity index (χ4n) is 5.08. The number of piperidine rings is 1. The second-order valence-electron chi connectivity index (χ2n) is 10.00. The summed E-state index contributed by atoms with van der Waals surface area (Å²) in [6.07, 6.45) is 1.74. The first-order valence-corrected chi connectivity index (χ1v) is 14.2. The van der Waals surface area contributed by atoms with E-state index in [4.69, 9.17) is 4.52 Å². The zero-order chi connectivity index (χ0) is 26.0. The lowest BCUT2D eigenvalue weighted by Gasteiger charge is -2.38. The Kier molecular flexibility index (Phi) is 7.41. The summed E-state index contributed by atoms with van der Waals surface area (Å²) in [7, 11) is -3.55. The van der Waals surface area contributed by atoms with Gasteiger partial charge in [-0.15, -0.1) is 0 Å². The van der Waals surface area contributed by atoms with Gasteiger partial charge in [0, 0.05) is 38.3 Å². The number of piperazine rings is 1. The molecule has 0 spiro atoms. The quantitative estimate of drug-likeness (QED) is 0.490. The molecule has 0 N–H and O–H groups in total. The molecule has 0 bridgehead atoms. The van der Waals surface area contributed by atoms with E-state index >= 15 is 0 Å². The number of rotatable bonds is 6. The lowest BCUT2D eigenvalue weighted by molar-refractivity contribution is -0.138. The molecule has 2 fully saturated rings. The molecule has 1 amide bonds. The maximum atomic E-state index is 13.3. The number of carbonyl (C=O) groups excluding carboxylic acids is 1. The highest BCUT2D eigenvalue weighted by Crippen LogP contribution is 2.24. The van der Waals surface area contributed by atoms with E-state index in [0.717, 1.165) is 36.1 Å². The van der Waals surface area contributed by atoms with Crippen molar-refractivity contribution in [3.8, 4) is 11.4 Å². The van der Waals surface area contributed by atoms with Crippen molar-refractivity contribution in [2.45, 2.75) is 38.1 Å². The minimum Gasteiger partial charge on any atom is -0.340 e. The summed E-state index contributed by atoms with van der Waals surface area (Å²) in [5.74, 6) is 1.09. The molecule has 0 aliphatic carbocycles. The maximum absolute atomic E-state index is 13.3. The van der Waals surface area contributed by atoms with Gasteiger partial charge in [0.15, 0.2) is 0 Å². The summed E-state index contributed by atoms with van der Waals surface area (Å²) in [6, 6.07) is 14.9. The first kappa shape index (κ1) is 25.6. The predicted octanol–water partition coefficient (Wildman–Crippen LogP) is 3.10. The van der Waals surface area contributed by atoms with Crippen molar-refractivity contribution in [3.63, 3.8) is 0 Å². The van der Waals surface area contributed by atoms with E-state index in [-0.39, 0.29) is 11.8 Å². The van der Waals surface area contributed by atoms with Crippen LogP contribution in [0.4, 0.5) is 0 Å². The van der Waals surface area contributed by atoms with Gasteiger partial charge >= 0.3 is 0 Å². The van der Waals surface area contributed by atoms with Gasteiger partial charge in [-0.1, -0.05) is 46.6 Å². The van der Waals surface area contributed by atoms with Crippen LogP contribution in [0.25, 0.3) is 11.4 Å². The third kappa shape index (κ3) is 5.76. The number of hydrogen-bond donors (Lipinski definition) is 0. The van der Waals surface area contributed by atoms with Crippen LogP contribution in [0.1, 0.15) is 29.9 Å². The van der Waals surface area contributed by atoms with Crippen molar-refractivity contribution in [2.24, 2.45) is 5.92 Å². The molecule has 0 radical (unpaired) electrons. The third-order valence-corrected chi connectivity index (χ3v) is 9.08. The van der Waals surface area contributed by atoms with Crippen molar-refractivity contribution in [1.82, 2.24) is 24.2 Å². The molecule has 2 aromatic carbocycles. The summed E-state index contributed by atoms with van der Waals surface area (Å²) in [5.41, 5.74) is 3.07. The number of sulfonamides is 1. The van der Waals surface area contributed by atoms with Crippen molar-refractivity contribution in [2.75, 3.05) is 39.3 Å². The Bertz CT molecular complexity index is 1350. The Labute approximate surface area is 218 Å². The van der Waals surface area contributed by atoms with Gasteiger partial charge < -0.3 is 9.42 Å². The fourth-order valence-corrected chi connectivity index (χ4v) is 6.50. The molecule has 2 saturated heterocycles. The van der Waals surface area contributed by atoms with Crippen molar-refractivity contribution in [3.05, 3.63) is 65.5 Å². The summed E-state index contributed by atoms with van der Waals surface area (Å²) in [5, 5.41) is 4.13. The zero-order valence-corrected chi connectivity index (χ0v) is 22.2. The van der Waals surface area contributed by atoms with Crippen LogP contribution < -0.4 is 0 Å². The molecule has 9 nitrogen and oxygen atoms in total. The first-order valence-electron chi connectivity index (χ1n) is 12.8. The van der Waals surface area contributed by atoms with Crippen molar-refractivity contribution < 1.29 is 17.7 Å². The van der Waals surface area contributed by atoms with Crippen LogP contribution in [0.3, 0.4) is 0 Å². The third-order valence-electron chi connectivity index (χ3n) is 7.17. The smallest absolute Gasteiger partial charge is 0.243 e. The van der Waals surface area contributed by atoms with Crippen LogP contribution in [0.5, 0.6) is 0 Å². The number of amides is 1. The molecule has 3 heterocycles. The number of hydrogen-bond acceptors (Lipinski definition) is 7. The van der Waals surface area contributed by atoms with Gasteiger partial charge in [0.05, 0.1) is 17.4 Å². The molecule has 37 heavy (non-hydrogen) atoms. The SMILES string of the molecule is Cc1ccc(S(=O)(=O)N2CCN(C(=O)C3CCCN(Cc4nc(-c5cccc(C)c5)no4)C3)CC2)cc1. The Balaban J connectivity index is 1.16. The summed E-state index contributed by atoms with van der Waals surface area (Å²) >= 11 is 0. The highest BCUT2D eigenvalue weighted by molar-refractivity contribution is 7.89. The zero-order valence-electron chi connectivity index (χ0n) is 21.3. The topological polar surface area (TPSA) is 99.9 Å². The summed E-state index contributed by atoms with van der Waals surface area (Å²) in [4.78, 5) is 22.2. The van der Waals surface area contributed by atoms with E-state index in [0.29, 0.717) is 55.9 Å². The van der Waals surface area contributed by atoms with Crippen LogP contribution in [0.2, 0.25) is 0 Å². The Morgan fingerprint density at radius 3 is 2.49 bits per heavy atom. The van der Waals surface area contributed by atoms with Gasteiger partial charge in [-0.25, -0.2) is 8.42 Å². The van der Waals surface area contributed by atoms with E-state index in [1.54, 1.807) is 24.3 Å². The molecule has 196 valence electrons. The van der Waals surface area contributed by atoms with Crippen LogP contribution in [-0.2, 0) is 21.4 Å². The predicted molar refractivity (Wildman–Crippen MR) is 139 cm³/mol. The van der Waals surface area contributed by atoms with Gasteiger partial charge in [-0.3, -0.25) is 9.69 Å². The fraction of sp³-hybridized carbons (Fsp3) is 0.444. The van der Waals surface area contributed by atoms with Crippen molar-refractivity contribution in [1.29, 1.82) is 0 Å². The molecule has 2 aliphatic heterocycles. The molecule has 3 aromatic rings. The van der Waals surface area contributed by atoms with Gasteiger partial charge in [0.1, 0.15) is 0 Å². The summed E-state index contributed by atoms with van der Waals surface area (Å²) in [6.45, 7) is 7.39. The summed E-state index contributed by atoms with van der Waals surface area (Å²) < 4.78 is 33.0. The average molecular weight is 524 g/mol. The van der Waals surface area contributed by atoms with E-state index in [1.165, 1.54) is 4.31 Å². The average Bonchev–Trinajstić information content (AvgIpc) is 3.37. The Hall–Kier alpha value is -3.08. The molecule has 10 heteroatoms. The van der Waals surface area contributed by atoms with Crippen LogP contribution in [-0.4, -0.2) is 77.8 Å². The number of nitrogens with zero attached hydrogens (tertiary/aromatic N) is 5. The minimum atomic E-state index is -3.55. The molecular weight excluding hydrogens is 490 g/mol. The monoisotopic (exact) mass is 523 g/mol. The normalized spacial score (nSPS) is 19.7. The lowest BCUT2D eigenvalue weighted by atomic mass is 9.96. The maximum Gasteiger partial charge on any atom is 0.243 e. The van der Waals surface area contributed by atoms with E-state index in [1.807, 2.05) is 43.0 Å². The van der Waals surface area contributed by atoms with Crippen LogP contribution >= 0.6 is 0 Å². The van der Waals surface area contributed by atoms with Gasteiger partial charge in [-0.05, 0) is 51.4 Å². The second-order valence-corrected chi connectivity index (χ2v) is 11.9. The molecule has 1 unspecified atom stereocenters. The Morgan fingerprint density at radius 2 is 1.76 bits per heavy atom. The van der Waals surface area contributed by atoms with Crippen LogP contribution in [0.15, 0.2) is 57.9 Å². The van der Waals surface area contributed by atoms with Gasteiger partial charge in [0.25, 0.3) is 0 Å².